The standard InChI is InChI=1S/C13H14Br2N2/c1-3-4-16-12-5-8(2)17-13-10(12)6-9(14)7-11(13)15/h5-7H,3-4H2,1-2H3,(H,16,17). The van der Waals surface area contributed by atoms with E-state index in [1.807, 2.05) is 13.0 Å². The van der Waals surface area contributed by atoms with Crippen molar-refractivity contribution in [2.24, 2.45) is 0 Å². The van der Waals surface area contributed by atoms with Crippen LogP contribution in [-0.4, -0.2) is 11.5 Å². The molecule has 1 N–H and O–H groups in total. The normalized spacial score (nSPS) is 10.8. The van der Waals surface area contributed by atoms with Gasteiger partial charge in [-0.15, -0.1) is 0 Å². The van der Waals surface area contributed by atoms with E-state index in [2.05, 4.69) is 61.2 Å². The molecule has 1 heterocycles. The number of hydrogen-bond acceptors (Lipinski definition) is 2. The molecule has 0 spiro atoms. The molecule has 2 aromatic rings. The lowest BCUT2D eigenvalue weighted by atomic mass is 10.1. The average molecular weight is 358 g/mol. The van der Waals surface area contributed by atoms with Crippen molar-refractivity contribution in [1.29, 1.82) is 0 Å². The number of hydrogen-bond donors (Lipinski definition) is 1. The van der Waals surface area contributed by atoms with Gasteiger partial charge in [0.2, 0.25) is 0 Å². The van der Waals surface area contributed by atoms with Crippen molar-refractivity contribution in [2.75, 3.05) is 11.9 Å². The van der Waals surface area contributed by atoms with E-state index in [1.165, 1.54) is 0 Å². The quantitative estimate of drug-likeness (QED) is 0.845. The molecule has 0 atom stereocenters. The summed E-state index contributed by atoms with van der Waals surface area (Å²) in [7, 11) is 0. The molecule has 17 heavy (non-hydrogen) atoms. The minimum absolute atomic E-state index is 0.975. The molecule has 0 saturated carbocycles. The topological polar surface area (TPSA) is 24.9 Å². The third kappa shape index (κ3) is 2.80. The predicted octanol–water partition coefficient (Wildman–Crippen LogP) is 4.89. The molecule has 0 aliphatic carbocycles. The zero-order chi connectivity index (χ0) is 12.4. The van der Waals surface area contributed by atoms with Crippen LogP contribution in [0, 0.1) is 6.92 Å². The van der Waals surface area contributed by atoms with Gasteiger partial charge in [-0.2, -0.15) is 0 Å². The van der Waals surface area contributed by atoms with E-state index < -0.39 is 0 Å². The summed E-state index contributed by atoms with van der Waals surface area (Å²) in [6.07, 6.45) is 1.11. The first-order chi connectivity index (χ1) is 8.11. The Hall–Kier alpha value is -0.610. The van der Waals surface area contributed by atoms with Crippen LogP contribution in [0.2, 0.25) is 0 Å². The van der Waals surface area contributed by atoms with Crippen molar-refractivity contribution in [3.05, 3.63) is 32.8 Å². The summed E-state index contributed by atoms with van der Waals surface area (Å²) < 4.78 is 2.08. The first kappa shape index (κ1) is 12.8. The molecule has 0 radical (unpaired) electrons. The van der Waals surface area contributed by atoms with Gasteiger partial charge in [0.1, 0.15) is 0 Å². The Morgan fingerprint density at radius 3 is 2.71 bits per heavy atom. The smallest absolute Gasteiger partial charge is 0.0868 e. The number of nitrogens with one attached hydrogen (secondary N) is 1. The zero-order valence-corrected chi connectivity index (χ0v) is 13.0. The van der Waals surface area contributed by atoms with Gasteiger partial charge in [0.25, 0.3) is 0 Å². The minimum atomic E-state index is 0.975. The molecule has 2 rings (SSSR count). The van der Waals surface area contributed by atoms with Gasteiger partial charge >= 0.3 is 0 Å². The summed E-state index contributed by atoms with van der Waals surface area (Å²) in [4.78, 5) is 4.58. The lowest BCUT2D eigenvalue weighted by Gasteiger charge is -2.11. The Bertz CT molecular complexity index is 553. The van der Waals surface area contributed by atoms with E-state index >= 15 is 0 Å². The van der Waals surface area contributed by atoms with Crippen LogP contribution in [0.25, 0.3) is 10.9 Å². The SMILES string of the molecule is CCCNc1cc(C)nc2c(Br)cc(Br)cc12. The zero-order valence-electron chi connectivity index (χ0n) is 9.85. The van der Waals surface area contributed by atoms with Crippen LogP contribution in [0.4, 0.5) is 5.69 Å². The van der Waals surface area contributed by atoms with Gasteiger partial charge in [-0.05, 0) is 47.5 Å². The molecular weight excluding hydrogens is 344 g/mol. The molecule has 90 valence electrons. The van der Waals surface area contributed by atoms with Crippen molar-refractivity contribution in [3.63, 3.8) is 0 Å². The van der Waals surface area contributed by atoms with Gasteiger partial charge in [-0.3, -0.25) is 4.98 Å². The summed E-state index contributed by atoms with van der Waals surface area (Å²) in [5.74, 6) is 0. The molecule has 0 amide bonds. The fourth-order valence-corrected chi connectivity index (χ4v) is 3.10. The van der Waals surface area contributed by atoms with Crippen molar-refractivity contribution >= 4 is 48.5 Å². The van der Waals surface area contributed by atoms with Gasteiger partial charge in [0, 0.05) is 32.3 Å². The number of aromatic nitrogens is 1. The Kier molecular flexibility index (Phi) is 4.05. The van der Waals surface area contributed by atoms with Crippen LogP contribution in [0.15, 0.2) is 27.1 Å². The van der Waals surface area contributed by atoms with Crippen LogP contribution >= 0.6 is 31.9 Å². The monoisotopic (exact) mass is 356 g/mol. The fourth-order valence-electron chi connectivity index (χ4n) is 1.79. The average Bonchev–Trinajstić information content (AvgIpc) is 2.27. The first-order valence-corrected chi connectivity index (χ1v) is 7.20. The Morgan fingerprint density at radius 1 is 1.24 bits per heavy atom. The Labute approximate surface area is 118 Å². The highest BCUT2D eigenvalue weighted by molar-refractivity contribution is 9.11. The third-order valence-electron chi connectivity index (χ3n) is 2.53. The number of benzene rings is 1. The maximum absolute atomic E-state index is 4.58. The molecular formula is C13H14Br2N2. The van der Waals surface area contributed by atoms with Crippen LogP contribution in [0.3, 0.4) is 0 Å². The van der Waals surface area contributed by atoms with Gasteiger partial charge in [0.05, 0.1) is 5.52 Å². The van der Waals surface area contributed by atoms with E-state index in [0.29, 0.717) is 0 Å². The molecule has 4 heteroatoms. The Balaban J connectivity index is 2.64. The lowest BCUT2D eigenvalue weighted by molar-refractivity contribution is 0.980. The number of anilines is 1. The highest BCUT2D eigenvalue weighted by Crippen LogP contribution is 2.32. The molecule has 0 bridgehead atoms. The molecule has 0 fully saturated rings. The largest absolute Gasteiger partial charge is 0.384 e. The third-order valence-corrected chi connectivity index (χ3v) is 3.59. The highest BCUT2D eigenvalue weighted by Gasteiger charge is 2.08. The van der Waals surface area contributed by atoms with Gasteiger partial charge in [-0.25, -0.2) is 0 Å². The molecule has 0 aliphatic heterocycles. The number of halogens is 2. The van der Waals surface area contributed by atoms with Gasteiger partial charge in [0.15, 0.2) is 0 Å². The van der Waals surface area contributed by atoms with E-state index in [1.54, 1.807) is 0 Å². The summed E-state index contributed by atoms with van der Waals surface area (Å²) in [6.45, 7) is 5.16. The van der Waals surface area contributed by atoms with Gasteiger partial charge < -0.3 is 5.32 Å². The number of pyridine rings is 1. The van der Waals surface area contributed by atoms with Gasteiger partial charge in [-0.1, -0.05) is 22.9 Å². The van der Waals surface area contributed by atoms with Crippen LogP contribution in [-0.2, 0) is 0 Å². The minimum Gasteiger partial charge on any atom is -0.384 e. The second kappa shape index (κ2) is 5.36. The molecule has 1 aromatic heterocycles. The van der Waals surface area contributed by atoms with Crippen molar-refractivity contribution in [3.8, 4) is 0 Å². The van der Waals surface area contributed by atoms with Crippen LogP contribution < -0.4 is 5.32 Å². The van der Waals surface area contributed by atoms with Crippen molar-refractivity contribution in [2.45, 2.75) is 20.3 Å². The highest BCUT2D eigenvalue weighted by atomic mass is 79.9. The fraction of sp³-hybridized carbons (Fsp3) is 0.308. The number of fused-ring (bicyclic) bond motifs is 1. The molecule has 0 aliphatic rings. The second-order valence-electron chi connectivity index (χ2n) is 4.02. The number of nitrogens with zero attached hydrogens (tertiary/aromatic N) is 1. The first-order valence-electron chi connectivity index (χ1n) is 5.62. The molecule has 0 saturated heterocycles. The molecule has 2 nitrogen and oxygen atoms in total. The van der Waals surface area contributed by atoms with Crippen LogP contribution in [0.5, 0.6) is 0 Å². The predicted molar refractivity (Wildman–Crippen MR) is 80.7 cm³/mol. The number of rotatable bonds is 3. The summed E-state index contributed by atoms with van der Waals surface area (Å²) in [5, 5.41) is 4.59. The summed E-state index contributed by atoms with van der Waals surface area (Å²) in [5.41, 5.74) is 3.18. The maximum Gasteiger partial charge on any atom is 0.0868 e. The van der Waals surface area contributed by atoms with Crippen LogP contribution in [0.1, 0.15) is 19.0 Å². The summed E-state index contributed by atoms with van der Waals surface area (Å²) >= 11 is 7.08. The second-order valence-corrected chi connectivity index (χ2v) is 5.79. The molecule has 1 aromatic carbocycles. The number of aryl methyl sites for hydroxylation is 1. The van der Waals surface area contributed by atoms with E-state index in [9.17, 15) is 0 Å². The maximum atomic E-state index is 4.58. The van der Waals surface area contributed by atoms with E-state index in [-0.39, 0.29) is 0 Å². The lowest BCUT2D eigenvalue weighted by Crippen LogP contribution is -2.01. The Morgan fingerprint density at radius 2 is 2.00 bits per heavy atom. The summed E-state index contributed by atoms with van der Waals surface area (Å²) in [6, 6.07) is 6.22. The van der Waals surface area contributed by atoms with E-state index in [4.69, 9.17) is 0 Å². The van der Waals surface area contributed by atoms with E-state index in [0.717, 1.165) is 44.2 Å². The molecule has 0 unspecified atom stereocenters. The van der Waals surface area contributed by atoms with Crippen molar-refractivity contribution in [1.82, 2.24) is 4.98 Å². The van der Waals surface area contributed by atoms with Crippen molar-refractivity contribution < 1.29 is 0 Å².